The number of carbonyl (C=O) groups is 1. The van der Waals surface area contributed by atoms with Gasteiger partial charge < -0.3 is 9.84 Å². The molecule has 0 radical (unpaired) electrons. The van der Waals surface area contributed by atoms with Crippen LogP contribution in [0.2, 0.25) is 0 Å². The molecular weight excluding hydrogens is 249 g/mol. The van der Waals surface area contributed by atoms with Crippen LogP contribution in [0.15, 0.2) is 6.07 Å². The lowest BCUT2D eigenvalue weighted by Crippen LogP contribution is -2.43. The standard InChI is InChI=1S/C12H11F3O3/c1-18-10-8(14)6(5-7(13)9(10)15)12(11(16)17)3-2-4-12/h5H,2-4H2,1H3,(H,16,17). The predicted octanol–water partition coefficient (Wildman–Crippen LogP) is 2.62. The molecule has 0 heterocycles. The van der Waals surface area contributed by atoms with Gasteiger partial charge in [0.25, 0.3) is 0 Å². The van der Waals surface area contributed by atoms with Gasteiger partial charge in [0, 0.05) is 5.56 Å². The van der Waals surface area contributed by atoms with Crippen molar-refractivity contribution in [3.8, 4) is 5.75 Å². The van der Waals surface area contributed by atoms with Crippen molar-refractivity contribution in [1.29, 1.82) is 0 Å². The minimum atomic E-state index is -1.47. The van der Waals surface area contributed by atoms with Crippen molar-refractivity contribution in [2.45, 2.75) is 24.7 Å². The van der Waals surface area contributed by atoms with Gasteiger partial charge in [-0.15, -0.1) is 0 Å². The van der Waals surface area contributed by atoms with Crippen LogP contribution in [0.3, 0.4) is 0 Å². The lowest BCUT2D eigenvalue weighted by atomic mass is 9.64. The first kappa shape index (κ1) is 12.7. The van der Waals surface area contributed by atoms with Gasteiger partial charge >= 0.3 is 5.97 Å². The largest absolute Gasteiger partial charge is 0.491 e. The highest BCUT2D eigenvalue weighted by Gasteiger charge is 2.48. The van der Waals surface area contributed by atoms with Gasteiger partial charge in [-0.2, -0.15) is 4.39 Å². The van der Waals surface area contributed by atoms with E-state index >= 15 is 0 Å². The Bertz CT molecular complexity index is 510. The van der Waals surface area contributed by atoms with Gasteiger partial charge in [-0.1, -0.05) is 6.42 Å². The van der Waals surface area contributed by atoms with Crippen LogP contribution >= 0.6 is 0 Å². The summed E-state index contributed by atoms with van der Waals surface area (Å²) in [4.78, 5) is 11.2. The number of ether oxygens (including phenoxy) is 1. The summed E-state index contributed by atoms with van der Waals surface area (Å²) in [5, 5.41) is 9.16. The second-order valence-corrected chi connectivity index (χ2v) is 4.31. The molecule has 1 aromatic carbocycles. The molecule has 3 nitrogen and oxygen atoms in total. The summed E-state index contributed by atoms with van der Waals surface area (Å²) in [5.74, 6) is -6.01. The van der Waals surface area contributed by atoms with Crippen LogP contribution in [0, 0.1) is 17.5 Å². The molecule has 0 spiro atoms. The monoisotopic (exact) mass is 260 g/mol. The summed E-state index contributed by atoms with van der Waals surface area (Å²) in [6.07, 6.45) is 1.01. The topological polar surface area (TPSA) is 46.5 Å². The number of carboxylic acid groups (broad SMARTS) is 1. The smallest absolute Gasteiger partial charge is 0.314 e. The average molecular weight is 260 g/mol. The van der Waals surface area contributed by atoms with Crippen molar-refractivity contribution in [2.75, 3.05) is 7.11 Å². The van der Waals surface area contributed by atoms with E-state index in [1.807, 2.05) is 0 Å². The normalized spacial score (nSPS) is 17.1. The summed E-state index contributed by atoms with van der Waals surface area (Å²) in [6, 6.07) is 0.612. The van der Waals surface area contributed by atoms with E-state index in [2.05, 4.69) is 4.74 Å². The Morgan fingerprint density at radius 3 is 2.33 bits per heavy atom. The van der Waals surface area contributed by atoms with Crippen molar-refractivity contribution >= 4 is 5.97 Å². The van der Waals surface area contributed by atoms with Crippen molar-refractivity contribution in [3.05, 3.63) is 29.1 Å². The molecule has 6 heteroatoms. The number of benzene rings is 1. The van der Waals surface area contributed by atoms with E-state index in [-0.39, 0.29) is 18.4 Å². The van der Waals surface area contributed by atoms with E-state index < -0.39 is 34.6 Å². The first-order valence-electron chi connectivity index (χ1n) is 5.39. The molecule has 0 aliphatic heterocycles. The Hall–Kier alpha value is -1.72. The van der Waals surface area contributed by atoms with Gasteiger partial charge in [-0.3, -0.25) is 4.79 Å². The summed E-state index contributed by atoms with van der Waals surface area (Å²) in [5.41, 5.74) is -1.82. The molecule has 1 fully saturated rings. The van der Waals surface area contributed by atoms with Gasteiger partial charge in [0.15, 0.2) is 17.4 Å². The fourth-order valence-corrected chi connectivity index (χ4v) is 2.24. The molecule has 98 valence electrons. The molecule has 18 heavy (non-hydrogen) atoms. The maximum atomic E-state index is 14.0. The van der Waals surface area contributed by atoms with E-state index in [9.17, 15) is 18.0 Å². The van der Waals surface area contributed by atoms with Crippen LogP contribution in [0.1, 0.15) is 24.8 Å². The first-order chi connectivity index (χ1) is 8.44. The molecular formula is C12H11F3O3. The SMILES string of the molecule is COc1c(F)c(F)cc(C2(C(=O)O)CCC2)c1F. The van der Waals surface area contributed by atoms with Crippen LogP contribution in [-0.4, -0.2) is 18.2 Å². The van der Waals surface area contributed by atoms with Gasteiger partial charge in [-0.25, -0.2) is 8.78 Å². The van der Waals surface area contributed by atoms with Gasteiger partial charge in [-0.05, 0) is 18.9 Å². The molecule has 0 bridgehead atoms. The Balaban J connectivity index is 2.65. The fourth-order valence-electron chi connectivity index (χ4n) is 2.24. The highest BCUT2D eigenvalue weighted by Crippen LogP contribution is 2.47. The zero-order valence-electron chi connectivity index (χ0n) is 9.60. The molecule has 1 N–H and O–H groups in total. The van der Waals surface area contributed by atoms with Crippen LogP contribution in [0.5, 0.6) is 5.75 Å². The van der Waals surface area contributed by atoms with E-state index in [0.717, 1.165) is 7.11 Å². The molecule has 0 unspecified atom stereocenters. The number of hydrogen-bond acceptors (Lipinski definition) is 2. The zero-order chi connectivity index (χ0) is 13.5. The Kier molecular flexibility index (Phi) is 2.96. The van der Waals surface area contributed by atoms with E-state index in [1.165, 1.54) is 0 Å². The van der Waals surface area contributed by atoms with E-state index in [4.69, 9.17) is 5.11 Å². The highest BCUT2D eigenvalue weighted by molar-refractivity contribution is 5.83. The van der Waals surface area contributed by atoms with Crippen LogP contribution in [-0.2, 0) is 10.2 Å². The first-order valence-corrected chi connectivity index (χ1v) is 5.39. The molecule has 0 saturated heterocycles. The van der Waals surface area contributed by atoms with Crippen LogP contribution < -0.4 is 4.74 Å². The van der Waals surface area contributed by atoms with Crippen molar-refractivity contribution in [3.63, 3.8) is 0 Å². The Morgan fingerprint density at radius 1 is 1.33 bits per heavy atom. The average Bonchev–Trinajstić information content (AvgIpc) is 2.24. The number of hydrogen-bond donors (Lipinski definition) is 1. The maximum Gasteiger partial charge on any atom is 0.314 e. The summed E-state index contributed by atoms with van der Waals surface area (Å²) >= 11 is 0. The van der Waals surface area contributed by atoms with Crippen LogP contribution in [0.4, 0.5) is 13.2 Å². The number of halogens is 3. The van der Waals surface area contributed by atoms with E-state index in [1.54, 1.807) is 0 Å². The molecule has 0 aromatic heterocycles. The minimum Gasteiger partial charge on any atom is -0.491 e. The van der Waals surface area contributed by atoms with E-state index in [0.29, 0.717) is 12.5 Å². The fraction of sp³-hybridized carbons (Fsp3) is 0.417. The molecule has 1 aliphatic rings. The molecule has 1 aliphatic carbocycles. The number of aliphatic carboxylic acids is 1. The quantitative estimate of drug-likeness (QED) is 0.850. The lowest BCUT2D eigenvalue weighted by Gasteiger charge is -2.38. The maximum absolute atomic E-state index is 14.0. The van der Waals surface area contributed by atoms with Gasteiger partial charge in [0.2, 0.25) is 5.82 Å². The molecule has 0 amide bonds. The molecule has 2 rings (SSSR count). The predicted molar refractivity (Wildman–Crippen MR) is 56.0 cm³/mol. The number of carboxylic acids is 1. The van der Waals surface area contributed by atoms with Gasteiger partial charge in [0.1, 0.15) is 0 Å². The van der Waals surface area contributed by atoms with Crippen LogP contribution in [0.25, 0.3) is 0 Å². The lowest BCUT2D eigenvalue weighted by molar-refractivity contribution is -0.147. The Morgan fingerprint density at radius 2 is 1.94 bits per heavy atom. The number of methoxy groups -OCH3 is 1. The summed E-state index contributed by atoms with van der Waals surface area (Å²) in [6.45, 7) is 0. The third-order valence-corrected chi connectivity index (χ3v) is 3.45. The molecule has 1 saturated carbocycles. The van der Waals surface area contributed by atoms with Crippen molar-refractivity contribution in [1.82, 2.24) is 0 Å². The second kappa shape index (κ2) is 4.19. The van der Waals surface area contributed by atoms with Crippen molar-refractivity contribution < 1.29 is 27.8 Å². The molecule has 0 atom stereocenters. The Labute approximate surface area is 101 Å². The minimum absolute atomic E-state index is 0.202. The van der Waals surface area contributed by atoms with Crippen molar-refractivity contribution in [2.24, 2.45) is 0 Å². The third kappa shape index (κ3) is 1.55. The highest BCUT2D eigenvalue weighted by atomic mass is 19.2. The van der Waals surface area contributed by atoms with Gasteiger partial charge in [0.05, 0.1) is 12.5 Å². The number of rotatable bonds is 3. The summed E-state index contributed by atoms with van der Waals surface area (Å²) in [7, 11) is 0.999. The molecule has 1 aromatic rings. The summed E-state index contributed by atoms with van der Waals surface area (Å²) < 4.78 is 45.1. The zero-order valence-corrected chi connectivity index (χ0v) is 9.60. The second-order valence-electron chi connectivity index (χ2n) is 4.31. The third-order valence-electron chi connectivity index (χ3n) is 3.45.